The van der Waals surface area contributed by atoms with Crippen LogP contribution in [0.1, 0.15) is 51.3 Å². The molecule has 52 heavy (non-hydrogen) atoms. The van der Waals surface area contributed by atoms with Gasteiger partial charge in [0, 0.05) is 48.4 Å². The van der Waals surface area contributed by atoms with Gasteiger partial charge in [0.2, 0.25) is 0 Å². The highest BCUT2D eigenvalue weighted by molar-refractivity contribution is 6.30. The summed E-state index contributed by atoms with van der Waals surface area (Å²) >= 11 is 6.09. The molecule has 0 bridgehead atoms. The molecule has 0 amide bonds. The predicted octanol–water partition coefficient (Wildman–Crippen LogP) is 10.5. The van der Waals surface area contributed by atoms with Gasteiger partial charge in [-0.25, -0.2) is 4.98 Å². The lowest BCUT2D eigenvalue weighted by Gasteiger charge is -2.18. The van der Waals surface area contributed by atoms with Crippen LogP contribution >= 0.6 is 11.6 Å². The van der Waals surface area contributed by atoms with E-state index in [1.807, 2.05) is 60.7 Å². The first-order chi connectivity index (χ1) is 25.6. The smallest absolute Gasteiger partial charge is 0.144 e. The van der Waals surface area contributed by atoms with E-state index in [4.69, 9.17) is 30.8 Å². The second-order valence-corrected chi connectivity index (χ2v) is 13.3. The summed E-state index contributed by atoms with van der Waals surface area (Å²) < 4.78 is 21.6. The molecule has 0 aliphatic rings. The van der Waals surface area contributed by atoms with Gasteiger partial charge in [-0.05, 0) is 79.5 Å². The van der Waals surface area contributed by atoms with E-state index in [1.165, 1.54) is 5.56 Å². The van der Waals surface area contributed by atoms with Crippen molar-refractivity contribution < 1.29 is 14.2 Å². The van der Waals surface area contributed by atoms with Crippen LogP contribution in [0.2, 0.25) is 5.02 Å². The van der Waals surface area contributed by atoms with Crippen LogP contribution in [0.5, 0.6) is 17.2 Å². The fraction of sp³-hybridized carbons (Fsp3) is 0.318. The van der Waals surface area contributed by atoms with Crippen molar-refractivity contribution in [2.45, 2.75) is 59.6 Å². The molecule has 8 heteroatoms. The lowest BCUT2D eigenvalue weighted by molar-refractivity contribution is 0.249. The van der Waals surface area contributed by atoms with Gasteiger partial charge >= 0.3 is 0 Å². The van der Waals surface area contributed by atoms with E-state index in [1.54, 1.807) is 6.20 Å². The average Bonchev–Trinajstić information content (AvgIpc) is 3.55. The fourth-order valence-electron chi connectivity index (χ4n) is 6.35. The fourth-order valence-corrected chi connectivity index (χ4v) is 6.48. The Hall–Kier alpha value is -4.85. The summed E-state index contributed by atoms with van der Waals surface area (Å²) in [6.45, 7) is 12.0. The monoisotopic (exact) mass is 716 g/mol. The third kappa shape index (κ3) is 9.52. The SMILES string of the molecule is CCCCn1c(-c2ccc(OCCc3ccc(Cl)cc3)cc2OCc2ccccn2)nc2c(-c3ccccc3)cc(OCCCN(CC)CC)cc21. The van der Waals surface area contributed by atoms with E-state index >= 15 is 0 Å². The molecule has 2 aromatic heterocycles. The van der Waals surface area contributed by atoms with Gasteiger partial charge in [0.1, 0.15) is 29.7 Å². The van der Waals surface area contributed by atoms with Gasteiger partial charge in [-0.15, -0.1) is 0 Å². The highest BCUT2D eigenvalue weighted by atomic mass is 35.5. The number of benzene rings is 4. The summed E-state index contributed by atoms with van der Waals surface area (Å²) in [5.41, 5.74) is 7.04. The van der Waals surface area contributed by atoms with Gasteiger partial charge in [0.05, 0.1) is 35.5 Å². The van der Waals surface area contributed by atoms with Crippen LogP contribution in [0.15, 0.2) is 109 Å². The lowest BCUT2D eigenvalue weighted by atomic mass is 10.0. The largest absolute Gasteiger partial charge is 0.493 e. The molecule has 0 aliphatic heterocycles. The van der Waals surface area contributed by atoms with Gasteiger partial charge in [-0.2, -0.15) is 0 Å². The number of rotatable bonds is 19. The van der Waals surface area contributed by atoms with Gasteiger partial charge in [-0.1, -0.05) is 87.3 Å². The molecule has 0 atom stereocenters. The maximum atomic E-state index is 6.55. The number of ether oxygens (including phenoxy) is 3. The van der Waals surface area contributed by atoms with Crippen LogP contribution in [0, 0.1) is 0 Å². The van der Waals surface area contributed by atoms with Crippen LogP contribution in [0.4, 0.5) is 0 Å². The number of aryl methyl sites for hydroxylation is 1. The first-order valence-electron chi connectivity index (χ1n) is 18.6. The number of halogens is 1. The second-order valence-electron chi connectivity index (χ2n) is 12.9. The Morgan fingerprint density at radius 3 is 2.27 bits per heavy atom. The lowest BCUT2D eigenvalue weighted by Crippen LogP contribution is -2.25. The normalized spacial score (nSPS) is 11.3. The number of fused-ring (bicyclic) bond motifs is 1. The number of hydrogen-bond donors (Lipinski definition) is 0. The summed E-state index contributed by atoms with van der Waals surface area (Å²) in [7, 11) is 0. The van der Waals surface area contributed by atoms with Crippen LogP contribution < -0.4 is 14.2 Å². The van der Waals surface area contributed by atoms with Crippen molar-refractivity contribution in [1.29, 1.82) is 0 Å². The molecule has 0 N–H and O–H groups in total. The van der Waals surface area contributed by atoms with E-state index in [9.17, 15) is 0 Å². The number of pyridine rings is 1. The highest BCUT2D eigenvalue weighted by Crippen LogP contribution is 2.40. The Bertz CT molecular complexity index is 1990. The molecule has 6 aromatic rings. The summed E-state index contributed by atoms with van der Waals surface area (Å²) in [6.07, 6.45) is 5.57. The molecule has 0 unspecified atom stereocenters. The van der Waals surface area contributed by atoms with Gasteiger partial charge in [0.15, 0.2) is 0 Å². The van der Waals surface area contributed by atoms with E-state index < -0.39 is 0 Å². The zero-order chi connectivity index (χ0) is 36.1. The second kappa shape index (κ2) is 18.6. The zero-order valence-electron chi connectivity index (χ0n) is 30.6. The topological polar surface area (TPSA) is 61.6 Å². The summed E-state index contributed by atoms with van der Waals surface area (Å²) in [4.78, 5) is 12.3. The standard InChI is InChI=1S/C44H49ClN4O3/c1-4-7-26-49-41-30-38(50-27-13-25-48(5-2)6-3)29-40(34-14-9-8-10-15-34)43(41)47-44(49)39-22-21-37(51-28-23-33-17-19-35(45)20-18-33)31-42(39)52-32-36-16-11-12-24-46-36/h8-12,14-22,24,29-31H,4-7,13,23,25-28,32H2,1-3H3. The van der Waals surface area contributed by atoms with E-state index in [0.717, 1.165) is 108 Å². The number of unbranched alkanes of at least 4 members (excludes halogenated alkanes) is 1. The first-order valence-corrected chi connectivity index (χ1v) is 18.9. The van der Waals surface area contributed by atoms with Crippen molar-refractivity contribution in [3.05, 3.63) is 126 Å². The van der Waals surface area contributed by atoms with Crippen molar-refractivity contribution in [2.24, 2.45) is 0 Å². The molecule has 0 fully saturated rings. The Labute approximate surface area is 313 Å². The van der Waals surface area contributed by atoms with Gasteiger partial charge in [0.25, 0.3) is 0 Å². The molecule has 0 saturated heterocycles. The Kier molecular flexibility index (Phi) is 13.2. The molecule has 0 radical (unpaired) electrons. The maximum Gasteiger partial charge on any atom is 0.144 e. The van der Waals surface area contributed by atoms with Crippen molar-refractivity contribution in [2.75, 3.05) is 32.8 Å². The number of nitrogens with zero attached hydrogens (tertiary/aromatic N) is 4. The van der Waals surface area contributed by atoms with Gasteiger partial charge < -0.3 is 23.7 Å². The van der Waals surface area contributed by atoms with Crippen LogP contribution in [0.3, 0.4) is 0 Å². The predicted molar refractivity (Wildman–Crippen MR) is 213 cm³/mol. The minimum absolute atomic E-state index is 0.317. The van der Waals surface area contributed by atoms with Crippen LogP contribution in [-0.2, 0) is 19.6 Å². The van der Waals surface area contributed by atoms with Gasteiger partial charge in [-0.3, -0.25) is 4.98 Å². The number of hydrogen-bond acceptors (Lipinski definition) is 6. The van der Waals surface area contributed by atoms with E-state index in [0.29, 0.717) is 25.6 Å². The van der Waals surface area contributed by atoms with Crippen molar-refractivity contribution >= 4 is 22.6 Å². The van der Waals surface area contributed by atoms with E-state index in [-0.39, 0.29) is 0 Å². The molecule has 7 nitrogen and oxygen atoms in total. The molecule has 0 aliphatic carbocycles. The molecule has 270 valence electrons. The molecule has 2 heterocycles. The Balaban J connectivity index is 1.39. The summed E-state index contributed by atoms with van der Waals surface area (Å²) in [5, 5.41) is 0.727. The third-order valence-corrected chi connectivity index (χ3v) is 9.55. The highest BCUT2D eigenvalue weighted by Gasteiger charge is 2.21. The third-order valence-electron chi connectivity index (χ3n) is 9.30. The summed E-state index contributed by atoms with van der Waals surface area (Å²) in [6, 6.07) is 34.6. The maximum absolute atomic E-state index is 6.55. The molecule has 4 aromatic carbocycles. The van der Waals surface area contributed by atoms with E-state index in [2.05, 4.69) is 77.7 Å². The first kappa shape index (κ1) is 36.9. The Morgan fingerprint density at radius 1 is 0.731 bits per heavy atom. The number of aromatic nitrogens is 3. The molecular weight excluding hydrogens is 668 g/mol. The van der Waals surface area contributed by atoms with Crippen molar-refractivity contribution in [3.63, 3.8) is 0 Å². The van der Waals surface area contributed by atoms with Crippen molar-refractivity contribution in [1.82, 2.24) is 19.4 Å². The van der Waals surface area contributed by atoms with Crippen molar-refractivity contribution in [3.8, 4) is 39.8 Å². The average molecular weight is 717 g/mol. The molecular formula is C44H49ClN4O3. The Morgan fingerprint density at radius 2 is 1.52 bits per heavy atom. The van der Waals surface area contributed by atoms with Crippen LogP contribution in [-0.4, -0.2) is 52.3 Å². The molecule has 0 spiro atoms. The summed E-state index contributed by atoms with van der Waals surface area (Å²) in [5.74, 6) is 3.13. The quantitative estimate of drug-likeness (QED) is 0.0778. The van der Waals surface area contributed by atoms with Crippen LogP contribution in [0.25, 0.3) is 33.5 Å². The molecule has 6 rings (SSSR count). The minimum Gasteiger partial charge on any atom is -0.493 e. The molecule has 0 saturated carbocycles. The zero-order valence-corrected chi connectivity index (χ0v) is 31.3. The minimum atomic E-state index is 0.317. The number of imidazole rings is 1.